The van der Waals surface area contributed by atoms with Crippen molar-refractivity contribution < 1.29 is 28.3 Å². The number of carbonyl (C=O) groups excluding carboxylic acids is 2. The number of ether oxygens (including phenoxy) is 1. The van der Waals surface area contributed by atoms with Crippen molar-refractivity contribution in [1.82, 2.24) is 25.1 Å². The largest absolute Gasteiger partial charge is 0.380 e. The number of morpholine rings is 1. The van der Waals surface area contributed by atoms with E-state index in [4.69, 9.17) is 20.3 Å². The molecule has 1 fully saturated rings. The fourth-order valence-corrected chi connectivity index (χ4v) is 3.85. The van der Waals surface area contributed by atoms with E-state index in [1.54, 1.807) is 12.3 Å². The number of rotatable bonds is 5. The van der Waals surface area contributed by atoms with Crippen molar-refractivity contribution in [2.45, 2.75) is 18.6 Å². The van der Waals surface area contributed by atoms with Gasteiger partial charge in [0.1, 0.15) is 17.3 Å². The van der Waals surface area contributed by atoms with Crippen LogP contribution in [0, 0.1) is 17.1 Å². The van der Waals surface area contributed by atoms with E-state index in [-0.39, 0.29) is 47.1 Å². The summed E-state index contributed by atoms with van der Waals surface area (Å²) in [5.74, 6) is -2.44. The number of hydrogen-bond acceptors (Lipinski definition) is 11. The van der Waals surface area contributed by atoms with Crippen molar-refractivity contribution in [3.63, 3.8) is 0 Å². The van der Waals surface area contributed by atoms with Gasteiger partial charge in [-0.3, -0.25) is 14.5 Å². The second kappa shape index (κ2) is 8.93. The maximum Gasteiger partial charge on any atom is 0.260 e. The number of nitrogens with two attached hydrogens (primary N) is 1. The Labute approximate surface area is 207 Å². The van der Waals surface area contributed by atoms with Crippen LogP contribution in [0.2, 0.25) is 0 Å². The number of fused-ring (bicyclic) bond motifs is 1. The number of benzene rings is 1. The first kappa shape index (κ1) is 23.8. The monoisotopic (exact) mass is 507 g/mol. The highest BCUT2D eigenvalue weighted by atomic mass is 19.1. The molecule has 2 amide bonds. The van der Waals surface area contributed by atoms with Crippen LogP contribution in [0.4, 0.5) is 21.7 Å². The van der Waals surface area contributed by atoms with Crippen LogP contribution in [0.1, 0.15) is 12.6 Å². The number of nitriles is 1. The van der Waals surface area contributed by atoms with E-state index in [9.17, 15) is 19.1 Å². The van der Waals surface area contributed by atoms with E-state index in [0.29, 0.717) is 5.69 Å². The molecule has 0 bridgehead atoms. The summed E-state index contributed by atoms with van der Waals surface area (Å²) in [5.41, 5.74) is 3.69. The molecule has 4 N–H and O–H groups in total. The maximum atomic E-state index is 14.4. The number of carbonyl (C=O) groups is 2. The molecule has 1 aromatic carbocycles. The second-order valence-corrected chi connectivity index (χ2v) is 8.27. The Morgan fingerprint density at radius 2 is 2.22 bits per heavy atom. The minimum Gasteiger partial charge on any atom is -0.380 e. The van der Waals surface area contributed by atoms with Crippen LogP contribution < -0.4 is 16.0 Å². The molecule has 4 aromatic rings. The van der Waals surface area contributed by atoms with Crippen molar-refractivity contribution in [3.05, 3.63) is 48.2 Å². The fourth-order valence-electron chi connectivity index (χ4n) is 3.85. The van der Waals surface area contributed by atoms with Gasteiger partial charge < -0.3 is 25.4 Å². The summed E-state index contributed by atoms with van der Waals surface area (Å²) in [5, 5.41) is 37.6. The van der Waals surface area contributed by atoms with Crippen molar-refractivity contribution >= 4 is 40.1 Å². The zero-order valence-corrected chi connectivity index (χ0v) is 19.1. The minimum atomic E-state index is -2.35. The molecule has 14 nitrogen and oxygen atoms in total. The van der Waals surface area contributed by atoms with Crippen molar-refractivity contribution in [2.24, 2.45) is 0 Å². The average Bonchev–Trinajstić information content (AvgIpc) is 3.51. The Balaban J connectivity index is 1.35. The molecule has 2 atom stereocenters. The molecule has 0 saturated carbocycles. The van der Waals surface area contributed by atoms with Crippen LogP contribution in [0.15, 0.2) is 41.2 Å². The lowest BCUT2D eigenvalue weighted by Crippen LogP contribution is -2.61. The lowest BCUT2D eigenvalue weighted by Gasteiger charge is -2.37. The highest BCUT2D eigenvalue weighted by molar-refractivity contribution is 6.06. The summed E-state index contributed by atoms with van der Waals surface area (Å²) in [6.45, 7) is 1.22. The summed E-state index contributed by atoms with van der Waals surface area (Å²) in [6, 6.07) is 7.16. The Morgan fingerprint density at radius 3 is 3.00 bits per heavy atom. The summed E-state index contributed by atoms with van der Waals surface area (Å²) in [7, 11) is 0. The van der Waals surface area contributed by atoms with Gasteiger partial charge in [0.25, 0.3) is 11.8 Å². The zero-order valence-electron chi connectivity index (χ0n) is 19.1. The Bertz CT molecular complexity index is 1570. The molecular formula is C22H18FN9O5. The minimum absolute atomic E-state index is 0.0000186. The average molecular weight is 507 g/mol. The highest BCUT2D eigenvalue weighted by Crippen LogP contribution is 2.29. The van der Waals surface area contributed by atoms with E-state index >= 15 is 0 Å². The molecule has 0 radical (unpaired) electrons. The number of aromatic nitrogens is 5. The van der Waals surface area contributed by atoms with Crippen molar-refractivity contribution in [3.8, 4) is 11.8 Å². The smallest absolute Gasteiger partial charge is 0.260 e. The number of anilines is 3. The van der Waals surface area contributed by atoms with Gasteiger partial charge in [-0.1, -0.05) is 5.16 Å². The van der Waals surface area contributed by atoms with Gasteiger partial charge in [-0.15, -0.1) is 10.2 Å². The van der Waals surface area contributed by atoms with Crippen molar-refractivity contribution in [1.29, 1.82) is 5.26 Å². The predicted octanol–water partition coefficient (Wildman–Crippen LogP) is 0.518. The molecule has 37 heavy (non-hydrogen) atoms. The Morgan fingerprint density at radius 1 is 1.41 bits per heavy atom. The molecular weight excluding hydrogens is 489 g/mol. The van der Waals surface area contributed by atoms with Gasteiger partial charge in [0.15, 0.2) is 34.6 Å². The molecule has 5 rings (SSSR count). The van der Waals surface area contributed by atoms with Gasteiger partial charge in [-0.2, -0.15) is 10.4 Å². The first-order valence-corrected chi connectivity index (χ1v) is 10.8. The highest BCUT2D eigenvalue weighted by Gasteiger charge is 2.49. The van der Waals surface area contributed by atoms with Gasteiger partial charge in [0.2, 0.25) is 0 Å². The van der Waals surface area contributed by atoms with Crippen LogP contribution in [0.25, 0.3) is 16.7 Å². The molecule has 15 heteroatoms. The normalized spacial score (nSPS) is 17.4. The molecule has 188 valence electrons. The predicted molar refractivity (Wildman–Crippen MR) is 124 cm³/mol. The van der Waals surface area contributed by atoms with Crippen LogP contribution in [0.3, 0.4) is 0 Å². The Kier molecular flexibility index (Phi) is 5.74. The van der Waals surface area contributed by atoms with E-state index in [1.807, 2.05) is 6.07 Å². The lowest BCUT2D eigenvalue weighted by molar-refractivity contribution is -0.165. The zero-order chi connectivity index (χ0) is 26.3. The summed E-state index contributed by atoms with van der Waals surface area (Å²) < 4.78 is 26.2. The maximum absolute atomic E-state index is 14.4. The molecule has 0 unspecified atom stereocenters. The van der Waals surface area contributed by atoms with Crippen molar-refractivity contribution in [2.75, 3.05) is 29.1 Å². The summed E-state index contributed by atoms with van der Waals surface area (Å²) >= 11 is 0. The summed E-state index contributed by atoms with van der Waals surface area (Å²) in [4.78, 5) is 27.5. The number of amides is 2. The molecule has 4 heterocycles. The van der Waals surface area contributed by atoms with Gasteiger partial charge in [0.05, 0.1) is 25.0 Å². The Hall–Kier alpha value is -4.94. The van der Waals surface area contributed by atoms with Crippen LogP contribution in [-0.2, 0) is 14.3 Å². The number of nitrogens with zero attached hydrogens (tertiary/aromatic N) is 7. The number of nitrogens with one attached hydrogen (secondary N) is 1. The third-order valence-electron chi connectivity index (χ3n) is 5.74. The quantitative estimate of drug-likeness (QED) is 0.340. The third-order valence-corrected chi connectivity index (χ3v) is 5.74. The first-order valence-electron chi connectivity index (χ1n) is 10.8. The SMILES string of the molecule is C[C@](O)(C(=O)Nc1cc(F)c2c(N)noc2c1)[C@H]1OCCN(c2ccn(-c3cnnc(C#N)c3)n2)C1=O. The fraction of sp³-hybridized carbons (Fsp3) is 0.227. The third kappa shape index (κ3) is 4.20. The number of hydrogen-bond donors (Lipinski definition) is 3. The van der Waals surface area contributed by atoms with Gasteiger partial charge in [-0.25, -0.2) is 9.07 Å². The van der Waals surface area contributed by atoms with Gasteiger partial charge >= 0.3 is 0 Å². The van der Waals surface area contributed by atoms with E-state index in [1.165, 1.54) is 27.9 Å². The molecule has 1 saturated heterocycles. The molecule has 1 aliphatic heterocycles. The lowest BCUT2D eigenvalue weighted by atomic mass is 9.95. The topological polar surface area (TPSA) is 198 Å². The van der Waals surface area contributed by atoms with Crippen LogP contribution in [-0.4, -0.2) is 66.9 Å². The summed E-state index contributed by atoms with van der Waals surface area (Å²) in [6.07, 6.45) is 1.36. The van der Waals surface area contributed by atoms with E-state index < -0.39 is 29.3 Å². The van der Waals surface area contributed by atoms with Crippen LogP contribution in [0.5, 0.6) is 0 Å². The standard InChI is InChI=1S/C22H18FN9O5/c1-22(35,21(34)27-11-7-14(23)17-15(8-11)37-30-19(17)25)18-20(33)31(4-5-36-18)16-2-3-32(29-16)13-6-12(9-24)28-26-10-13/h2-3,6-8,10,18,35H,4-5H2,1H3,(H2,25,30)(H,27,34)/t18-,22+/m0/s1. The molecule has 0 aliphatic carbocycles. The molecule has 0 spiro atoms. The molecule has 3 aromatic heterocycles. The van der Waals surface area contributed by atoms with Gasteiger partial charge in [0, 0.05) is 30.1 Å². The number of aliphatic hydroxyl groups is 1. The van der Waals surface area contributed by atoms with E-state index in [2.05, 4.69) is 25.8 Å². The van der Waals surface area contributed by atoms with E-state index in [0.717, 1.165) is 13.0 Å². The number of halogens is 1. The van der Waals surface area contributed by atoms with Gasteiger partial charge in [-0.05, 0) is 13.0 Å². The second-order valence-electron chi connectivity index (χ2n) is 8.27. The van der Waals surface area contributed by atoms with Crippen LogP contribution >= 0.6 is 0 Å². The first-order chi connectivity index (χ1) is 17.7. The molecule has 1 aliphatic rings. The number of nitrogen functional groups attached to an aromatic ring is 1.